The highest BCUT2D eigenvalue weighted by Gasteiger charge is 2.31. The highest BCUT2D eigenvalue weighted by molar-refractivity contribution is 7.91. The first-order chi connectivity index (χ1) is 11.0. The van der Waals surface area contributed by atoms with Crippen LogP contribution in [0.5, 0.6) is 0 Å². The molecule has 1 fully saturated rings. The van der Waals surface area contributed by atoms with Gasteiger partial charge in [-0.25, -0.2) is 8.42 Å². The van der Waals surface area contributed by atoms with Gasteiger partial charge in [0.25, 0.3) is 15.9 Å². The fourth-order valence-corrected chi connectivity index (χ4v) is 4.77. The molecule has 1 amide bonds. The molecular weight excluding hydrogens is 340 g/mol. The van der Waals surface area contributed by atoms with Gasteiger partial charge in [-0.05, 0) is 30.9 Å². The Kier molecular flexibility index (Phi) is 4.46. The summed E-state index contributed by atoms with van der Waals surface area (Å²) in [6.07, 6.45) is 3.04. The molecule has 1 aliphatic heterocycles. The van der Waals surface area contributed by atoms with E-state index in [0.717, 1.165) is 24.2 Å². The second-order valence-electron chi connectivity index (χ2n) is 5.39. The van der Waals surface area contributed by atoms with Gasteiger partial charge in [0.1, 0.15) is 0 Å². The number of sulfonamides is 1. The Balaban J connectivity index is 1.72. The molecule has 0 unspecified atom stereocenters. The zero-order chi connectivity index (χ0) is 16.4. The van der Waals surface area contributed by atoms with E-state index in [1.54, 1.807) is 6.07 Å². The maximum absolute atomic E-state index is 12.5. The maximum Gasteiger partial charge on any atom is 0.293 e. The maximum atomic E-state index is 12.5. The lowest BCUT2D eigenvalue weighted by atomic mass is 10.0. The number of amides is 1. The summed E-state index contributed by atoms with van der Waals surface area (Å²) in [5.74, 6) is 0.149. The van der Waals surface area contributed by atoms with Crippen molar-refractivity contribution in [1.82, 2.24) is 14.5 Å². The van der Waals surface area contributed by atoms with Crippen molar-refractivity contribution < 1.29 is 17.6 Å². The number of carbonyl (C=O) groups excluding carboxylic acids is 1. The van der Waals surface area contributed by atoms with Crippen LogP contribution in [0.1, 0.15) is 30.3 Å². The third kappa shape index (κ3) is 3.43. The number of aromatic nitrogens is 2. The van der Waals surface area contributed by atoms with Crippen LogP contribution in [0.15, 0.2) is 27.2 Å². The van der Waals surface area contributed by atoms with Gasteiger partial charge >= 0.3 is 0 Å². The SMILES string of the molecule is CC1CCN(S(=O)(=O)c2nnc(NC(=O)c3ccco3)s2)CC1. The molecule has 0 bridgehead atoms. The topological polar surface area (TPSA) is 105 Å². The molecule has 0 aliphatic carbocycles. The molecule has 1 N–H and O–H groups in total. The van der Waals surface area contributed by atoms with Crippen molar-refractivity contribution in [2.24, 2.45) is 5.92 Å². The highest BCUT2D eigenvalue weighted by Crippen LogP contribution is 2.27. The molecule has 0 atom stereocenters. The summed E-state index contributed by atoms with van der Waals surface area (Å²) in [7, 11) is -3.65. The summed E-state index contributed by atoms with van der Waals surface area (Å²) in [5, 5.41) is 10.0. The van der Waals surface area contributed by atoms with E-state index in [4.69, 9.17) is 4.42 Å². The van der Waals surface area contributed by atoms with E-state index >= 15 is 0 Å². The van der Waals surface area contributed by atoms with Crippen LogP contribution in [0.25, 0.3) is 0 Å². The number of anilines is 1. The summed E-state index contributed by atoms with van der Waals surface area (Å²) >= 11 is 0.834. The average molecular weight is 356 g/mol. The number of nitrogens with zero attached hydrogens (tertiary/aromatic N) is 3. The van der Waals surface area contributed by atoms with Crippen LogP contribution >= 0.6 is 11.3 Å². The van der Waals surface area contributed by atoms with Crippen molar-refractivity contribution in [3.63, 3.8) is 0 Å². The van der Waals surface area contributed by atoms with Gasteiger partial charge in [0.05, 0.1) is 6.26 Å². The van der Waals surface area contributed by atoms with Crippen LogP contribution in [0.4, 0.5) is 5.13 Å². The van der Waals surface area contributed by atoms with Crippen molar-refractivity contribution in [3.8, 4) is 0 Å². The second-order valence-corrected chi connectivity index (χ2v) is 8.48. The third-order valence-electron chi connectivity index (χ3n) is 3.68. The normalized spacial score (nSPS) is 17.3. The Morgan fingerprint density at radius 3 is 2.78 bits per heavy atom. The molecule has 0 spiro atoms. The predicted molar refractivity (Wildman–Crippen MR) is 83.7 cm³/mol. The van der Waals surface area contributed by atoms with Gasteiger partial charge in [0.15, 0.2) is 5.76 Å². The molecule has 0 aromatic carbocycles. The van der Waals surface area contributed by atoms with Gasteiger partial charge in [-0.15, -0.1) is 10.2 Å². The Morgan fingerprint density at radius 1 is 1.39 bits per heavy atom. The minimum Gasteiger partial charge on any atom is -0.459 e. The van der Waals surface area contributed by atoms with Crippen LogP contribution in [0.3, 0.4) is 0 Å². The molecule has 0 radical (unpaired) electrons. The van der Waals surface area contributed by atoms with Crippen LogP contribution in [-0.2, 0) is 10.0 Å². The van der Waals surface area contributed by atoms with E-state index < -0.39 is 15.9 Å². The zero-order valence-corrected chi connectivity index (χ0v) is 14.1. The van der Waals surface area contributed by atoms with Crippen molar-refractivity contribution in [3.05, 3.63) is 24.2 Å². The Morgan fingerprint density at radius 2 is 2.13 bits per heavy atom. The fourth-order valence-electron chi connectivity index (χ4n) is 2.27. The molecular formula is C13H16N4O4S2. The van der Waals surface area contributed by atoms with Crippen molar-refractivity contribution in [2.75, 3.05) is 18.4 Å². The number of hydrogen-bond acceptors (Lipinski definition) is 7. The summed E-state index contributed by atoms with van der Waals surface area (Å²) in [6, 6.07) is 3.09. The van der Waals surface area contributed by atoms with Crippen LogP contribution in [0, 0.1) is 5.92 Å². The van der Waals surface area contributed by atoms with Gasteiger partial charge < -0.3 is 4.42 Å². The molecule has 10 heteroatoms. The quantitative estimate of drug-likeness (QED) is 0.838. The van der Waals surface area contributed by atoms with E-state index in [9.17, 15) is 13.2 Å². The van der Waals surface area contributed by atoms with E-state index in [2.05, 4.69) is 22.4 Å². The van der Waals surface area contributed by atoms with Crippen LogP contribution < -0.4 is 5.32 Å². The second kappa shape index (κ2) is 6.38. The molecule has 0 saturated carbocycles. The molecule has 124 valence electrons. The largest absolute Gasteiger partial charge is 0.459 e. The summed E-state index contributed by atoms with van der Waals surface area (Å²) in [4.78, 5) is 11.8. The minimum absolute atomic E-state index is 0.109. The number of hydrogen-bond donors (Lipinski definition) is 1. The van der Waals surface area contributed by atoms with E-state index in [-0.39, 0.29) is 15.2 Å². The van der Waals surface area contributed by atoms with Gasteiger partial charge in [-0.3, -0.25) is 10.1 Å². The van der Waals surface area contributed by atoms with Crippen LogP contribution in [0.2, 0.25) is 0 Å². The Hall–Kier alpha value is -1.78. The molecule has 1 aliphatic rings. The molecule has 2 aromatic rings. The van der Waals surface area contributed by atoms with Crippen molar-refractivity contribution in [1.29, 1.82) is 0 Å². The monoisotopic (exact) mass is 356 g/mol. The lowest BCUT2D eigenvalue weighted by molar-refractivity contribution is 0.0996. The first kappa shape index (κ1) is 16.1. The third-order valence-corrected chi connectivity index (χ3v) is 6.76. The fraction of sp³-hybridized carbons (Fsp3) is 0.462. The average Bonchev–Trinajstić information content (AvgIpc) is 3.19. The van der Waals surface area contributed by atoms with E-state index in [0.29, 0.717) is 19.0 Å². The smallest absolute Gasteiger partial charge is 0.293 e. The molecule has 2 aromatic heterocycles. The van der Waals surface area contributed by atoms with Gasteiger partial charge in [-0.2, -0.15) is 4.31 Å². The Labute approximate surface area is 137 Å². The number of furan rings is 1. The van der Waals surface area contributed by atoms with Gasteiger partial charge in [0.2, 0.25) is 9.47 Å². The van der Waals surface area contributed by atoms with Crippen molar-refractivity contribution in [2.45, 2.75) is 24.1 Å². The lowest BCUT2D eigenvalue weighted by Crippen LogP contribution is -2.37. The standard InChI is InChI=1S/C13H16N4O4S2/c1-9-4-6-17(7-5-9)23(19,20)13-16-15-12(22-13)14-11(18)10-3-2-8-21-10/h2-3,8-9H,4-7H2,1H3,(H,14,15,18). The number of rotatable bonds is 4. The van der Waals surface area contributed by atoms with Crippen LogP contribution in [-0.4, -0.2) is 41.9 Å². The van der Waals surface area contributed by atoms with E-state index in [1.807, 2.05) is 0 Å². The Bertz CT molecular complexity index is 777. The summed E-state index contributed by atoms with van der Waals surface area (Å²) in [6.45, 7) is 3.07. The zero-order valence-electron chi connectivity index (χ0n) is 12.4. The van der Waals surface area contributed by atoms with E-state index in [1.165, 1.54) is 16.6 Å². The number of carbonyl (C=O) groups is 1. The molecule has 1 saturated heterocycles. The predicted octanol–water partition coefficient (Wildman–Crippen LogP) is 1.80. The first-order valence-electron chi connectivity index (χ1n) is 7.15. The molecule has 3 rings (SSSR count). The number of nitrogens with one attached hydrogen (secondary N) is 1. The first-order valence-corrected chi connectivity index (χ1v) is 9.41. The van der Waals surface area contributed by atoms with Gasteiger partial charge in [-0.1, -0.05) is 18.3 Å². The van der Waals surface area contributed by atoms with Gasteiger partial charge in [0, 0.05) is 13.1 Å². The number of piperidine rings is 1. The molecule has 3 heterocycles. The summed E-state index contributed by atoms with van der Waals surface area (Å²) in [5.41, 5.74) is 0. The van der Waals surface area contributed by atoms with Crippen molar-refractivity contribution >= 4 is 32.4 Å². The molecule has 23 heavy (non-hydrogen) atoms. The molecule has 8 nitrogen and oxygen atoms in total. The minimum atomic E-state index is -3.65. The summed E-state index contributed by atoms with van der Waals surface area (Å²) < 4.78 is 31.3. The highest BCUT2D eigenvalue weighted by atomic mass is 32.2. The lowest BCUT2D eigenvalue weighted by Gasteiger charge is -2.28.